The molecule has 0 saturated carbocycles. The zero-order valence-electron chi connectivity index (χ0n) is 21.2. The Balaban J connectivity index is 1.47. The van der Waals surface area contributed by atoms with E-state index in [4.69, 9.17) is 19.4 Å². The zero-order valence-corrected chi connectivity index (χ0v) is 21.2. The van der Waals surface area contributed by atoms with Crippen molar-refractivity contribution in [2.45, 2.75) is 26.2 Å². The van der Waals surface area contributed by atoms with Crippen molar-refractivity contribution in [3.8, 4) is 17.1 Å². The largest absolute Gasteiger partial charge is 0.497 e. The maximum atomic E-state index is 12.9. The summed E-state index contributed by atoms with van der Waals surface area (Å²) < 4.78 is 10.9. The van der Waals surface area contributed by atoms with E-state index in [1.807, 2.05) is 35.2 Å². The number of hydrogen-bond donors (Lipinski definition) is 0. The molecule has 2 aliphatic heterocycles. The fourth-order valence-electron chi connectivity index (χ4n) is 5.08. The third-order valence-corrected chi connectivity index (χ3v) is 7.12. The van der Waals surface area contributed by atoms with Gasteiger partial charge in [0.1, 0.15) is 11.6 Å². The Labute approximate surface area is 213 Å². The number of piperazine rings is 1. The highest BCUT2D eigenvalue weighted by Gasteiger charge is 2.31. The van der Waals surface area contributed by atoms with Crippen molar-refractivity contribution in [1.29, 1.82) is 0 Å². The van der Waals surface area contributed by atoms with E-state index in [0.29, 0.717) is 26.3 Å². The first-order valence-electron chi connectivity index (χ1n) is 12.9. The minimum absolute atomic E-state index is 0.00981. The highest BCUT2D eigenvalue weighted by molar-refractivity contribution is 5.79. The molecule has 2 fully saturated rings. The first-order valence-corrected chi connectivity index (χ1v) is 12.9. The Hall–Kier alpha value is -3.45. The molecule has 36 heavy (non-hydrogen) atoms. The van der Waals surface area contributed by atoms with Gasteiger partial charge in [0, 0.05) is 56.0 Å². The lowest BCUT2D eigenvalue weighted by molar-refractivity contribution is -0.135. The van der Waals surface area contributed by atoms with E-state index >= 15 is 0 Å². The van der Waals surface area contributed by atoms with Crippen molar-refractivity contribution in [1.82, 2.24) is 14.9 Å². The van der Waals surface area contributed by atoms with E-state index in [2.05, 4.69) is 36.1 Å². The number of anilines is 1. The Morgan fingerprint density at radius 2 is 1.86 bits per heavy atom. The van der Waals surface area contributed by atoms with Crippen LogP contribution in [0.25, 0.3) is 11.4 Å². The van der Waals surface area contributed by atoms with Gasteiger partial charge in [-0.1, -0.05) is 49.4 Å². The molecule has 0 bridgehead atoms. The lowest BCUT2D eigenvalue weighted by Crippen LogP contribution is -2.51. The third kappa shape index (κ3) is 5.21. The van der Waals surface area contributed by atoms with E-state index in [1.165, 1.54) is 0 Å². The first kappa shape index (κ1) is 24.3. The molecule has 1 amide bonds. The van der Waals surface area contributed by atoms with Gasteiger partial charge in [-0.25, -0.2) is 9.97 Å². The van der Waals surface area contributed by atoms with Gasteiger partial charge in [-0.2, -0.15) is 0 Å². The molecular weight excluding hydrogens is 452 g/mol. The van der Waals surface area contributed by atoms with Crippen LogP contribution in [0.15, 0.2) is 54.6 Å². The fourth-order valence-corrected chi connectivity index (χ4v) is 5.08. The maximum Gasteiger partial charge on any atom is 0.228 e. The van der Waals surface area contributed by atoms with Gasteiger partial charge in [0.15, 0.2) is 5.82 Å². The molecule has 3 heterocycles. The van der Waals surface area contributed by atoms with Crippen LogP contribution in [0.4, 0.5) is 5.82 Å². The lowest BCUT2D eigenvalue weighted by atomic mass is 10.0. The molecule has 7 heteroatoms. The second-order valence-corrected chi connectivity index (χ2v) is 9.42. The van der Waals surface area contributed by atoms with Crippen LogP contribution in [0.1, 0.15) is 30.2 Å². The summed E-state index contributed by atoms with van der Waals surface area (Å²) in [4.78, 5) is 27.4. The Morgan fingerprint density at radius 1 is 1.06 bits per heavy atom. The minimum atomic E-state index is 0.00981. The predicted octanol–water partition coefficient (Wildman–Crippen LogP) is 3.99. The number of methoxy groups -OCH3 is 1. The standard InChI is InChI=1S/C29H34N4O3/c1-3-26-25(19-21-8-7-11-24(18-21)35-2)28(31-27(30-26)22-9-5-4-6-10-22)32-13-15-33(16-14-32)29(34)23-12-17-36-20-23/h4-11,18,23H,3,12-17,19-20H2,1-2H3/t23-/m0/s1. The summed E-state index contributed by atoms with van der Waals surface area (Å²) in [6.45, 7) is 6.27. The number of amides is 1. The molecular formula is C29H34N4O3. The van der Waals surface area contributed by atoms with Gasteiger partial charge >= 0.3 is 0 Å². The van der Waals surface area contributed by atoms with Crippen molar-refractivity contribution in [2.24, 2.45) is 5.92 Å². The number of ether oxygens (including phenoxy) is 2. The predicted molar refractivity (Wildman–Crippen MR) is 140 cm³/mol. The average Bonchev–Trinajstić information content (AvgIpc) is 3.48. The topological polar surface area (TPSA) is 67.8 Å². The summed E-state index contributed by atoms with van der Waals surface area (Å²) in [6.07, 6.45) is 2.37. The van der Waals surface area contributed by atoms with Gasteiger partial charge in [-0.3, -0.25) is 4.79 Å². The smallest absolute Gasteiger partial charge is 0.228 e. The van der Waals surface area contributed by atoms with Crippen LogP contribution in [0.5, 0.6) is 5.75 Å². The van der Waals surface area contributed by atoms with Crippen LogP contribution in [0, 0.1) is 5.92 Å². The lowest BCUT2D eigenvalue weighted by Gasteiger charge is -2.37. The molecule has 0 spiro atoms. The van der Waals surface area contributed by atoms with E-state index in [1.54, 1.807) is 7.11 Å². The second-order valence-electron chi connectivity index (χ2n) is 9.42. The van der Waals surface area contributed by atoms with Gasteiger partial charge in [0.05, 0.1) is 19.6 Å². The average molecular weight is 487 g/mol. The molecule has 188 valence electrons. The molecule has 7 nitrogen and oxygen atoms in total. The van der Waals surface area contributed by atoms with Crippen molar-refractivity contribution in [3.05, 3.63) is 71.4 Å². The Bertz CT molecular complexity index is 1190. The first-order chi connectivity index (χ1) is 17.7. The zero-order chi connectivity index (χ0) is 24.9. The maximum absolute atomic E-state index is 12.9. The molecule has 0 radical (unpaired) electrons. The summed E-state index contributed by atoms with van der Waals surface area (Å²) in [7, 11) is 1.69. The highest BCUT2D eigenvalue weighted by atomic mass is 16.5. The van der Waals surface area contributed by atoms with E-state index in [9.17, 15) is 4.79 Å². The number of benzene rings is 2. The van der Waals surface area contributed by atoms with Crippen molar-refractivity contribution < 1.29 is 14.3 Å². The van der Waals surface area contributed by atoms with Crippen LogP contribution in [0.2, 0.25) is 0 Å². The number of aromatic nitrogens is 2. The van der Waals surface area contributed by atoms with E-state index in [0.717, 1.165) is 72.1 Å². The molecule has 0 aliphatic carbocycles. The van der Waals surface area contributed by atoms with Crippen molar-refractivity contribution >= 4 is 11.7 Å². The van der Waals surface area contributed by atoms with Crippen LogP contribution in [0.3, 0.4) is 0 Å². The quantitative estimate of drug-likeness (QED) is 0.503. The van der Waals surface area contributed by atoms with Crippen LogP contribution in [-0.4, -0.2) is 67.3 Å². The van der Waals surface area contributed by atoms with Gasteiger partial charge in [-0.15, -0.1) is 0 Å². The van der Waals surface area contributed by atoms with Crippen LogP contribution in [-0.2, 0) is 22.4 Å². The van der Waals surface area contributed by atoms with Gasteiger partial charge in [0.25, 0.3) is 0 Å². The number of nitrogens with zero attached hydrogens (tertiary/aromatic N) is 4. The van der Waals surface area contributed by atoms with Gasteiger partial charge in [0.2, 0.25) is 5.91 Å². The van der Waals surface area contributed by atoms with Gasteiger partial charge < -0.3 is 19.3 Å². The number of rotatable bonds is 7. The van der Waals surface area contributed by atoms with Crippen molar-refractivity contribution in [3.63, 3.8) is 0 Å². The molecule has 1 aromatic heterocycles. The van der Waals surface area contributed by atoms with Crippen molar-refractivity contribution in [2.75, 3.05) is 51.4 Å². The fraction of sp³-hybridized carbons (Fsp3) is 0.414. The monoisotopic (exact) mass is 486 g/mol. The number of aryl methyl sites for hydroxylation is 1. The molecule has 2 aliphatic rings. The molecule has 0 unspecified atom stereocenters. The summed E-state index contributed by atoms with van der Waals surface area (Å²) in [6, 6.07) is 18.3. The minimum Gasteiger partial charge on any atom is -0.497 e. The summed E-state index contributed by atoms with van der Waals surface area (Å²) in [5.74, 6) is 2.80. The molecule has 1 atom stereocenters. The van der Waals surface area contributed by atoms with Crippen LogP contribution >= 0.6 is 0 Å². The van der Waals surface area contributed by atoms with E-state index < -0.39 is 0 Å². The molecule has 2 aromatic carbocycles. The number of carbonyl (C=O) groups excluding carboxylic acids is 1. The molecule has 3 aromatic rings. The normalized spacial score (nSPS) is 17.9. The molecule has 0 N–H and O–H groups in total. The number of carbonyl (C=O) groups is 1. The van der Waals surface area contributed by atoms with Crippen LogP contribution < -0.4 is 9.64 Å². The molecule has 5 rings (SSSR count). The Morgan fingerprint density at radius 3 is 2.56 bits per heavy atom. The van der Waals surface area contributed by atoms with E-state index in [-0.39, 0.29) is 11.8 Å². The summed E-state index contributed by atoms with van der Waals surface area (Å²) in [5, 5.41) is 0. The summed E-state index contributed by atoms with van der Waals surface area (Å²) >= 11 is 0. The summed E-state index contributed by atoms with van der Waals surface area (Å²) in [5.41, 5.74) is 4.38. The second kappa shape index (κ2) is 11.1. The SMILES string of the molecule is CCc1nc(-c2ccccc2)nc(N2CCN(C(=O)[C@H]3CCOC3)CC2)c1Cc1cccc(OC)c1. The third-order valence-electron chi connectivity index (χ3n) is 7.12. The molecule has 2 saturated heterocycles. The number of hydrogen-bond acceptors (Lipinski definition) is 6. The Kier molecular flexibility index (Phi) is 7.47. The van der Waals surface area contributed by atoms with Gasteiger partial charge in [-0.05, 0) is 30.5 Å². The highest BCUT2D eigenvalue weighted by Crippen LogP contribution is 2.30.